The summed E-state index contributed by atoms with van der Waals surface area (Å²) in [5.41, 5.74) is 0. The van der Waals surface area contributed by atoms with E-state index in [4.69, 9.17) is 4.55 Å². The van der Waals surface area contributed by atoms with Crippen molar-refractivity contribution in [3.05, 3.63) is 12.2 Å². The standard InChI is InChI=1S/C20H36N2O6S/c1-2-3-4-5-6-7-8-9-10-11-19(25)20-21-12-13-22(20,14-15-23)16-18(24)17-29(26,27)28/h10-11,18,23-24H,2-9,12-17H2,1H3/p+1/b11-10+. The number of amidine groups is 1. The Labute approximate surface area is 174 Å². The molecule has 0 aromatic rings. The van der Waals surface area contributed by atoms with Crippen LogP contribution in [0.2, 0.25) is 0 Å². The topological polar surface area (TPSA) is 124 Å². The summed E-state index contributed by atoms with van der Waals surface area (Å²) in [5, 5.41) is 19.5. The zero-order chi connectivity index (χ0) is 21.8. The Morgan fingerprint density at radius 1 is 1.21 bits per heavy atom. The zero-order valence-electron chi connectivity index (χ0n) is 17.5. The predicted octanol–water partition coefficient (Wildman–Crippen LogP) is 1.72. The highest BCUT2D eigenvalue weighted by atomic mass is 32.2. The molecule has 1 rings (SSSR count). The quantitative estimate of drug-likeness (QED) is 0.147. The second-order valence-electron chi connectivity index (χ2n) is 7.78. The molecule has 0 radical (unpaired) electrons. The number of carbonyl (C=O) groups excluding carboxylic acids is 1. The number of aliphatic imine (C=N–C) groups is 1. The SMILES string of the molecule is CCCCCCCCC/C=C/C(=O)C1=NCC[N+]1(CCO)CC(O)CS(=O)(=O)O. The number of carbonyl (C=O) groups is 1. The smallest absolute Gasteiger partial charge is 0.271 e. The number of aliphatic hydroxyl groups excluding tert-OH is 2. The van der Waals surface area contributed by atoms with Crippen LogP contribution in [-0.4, -0.2) is 83.9 Å². The molecule has 8 nitrogen and oxygen atoms in total. The van der Waals surface area contributed by atoms with Gasteiger partial charge in [0.1, 0.15) is 31.5 Å². The van der Waals surface area contributed by atoms with Gasteiger partial charge in [0.2, 0.25) is 0 Å². The molecule has 1 heterocycles. The van der Waals surface area contributed by atoms with Gasteiger partial charge in [-0.1, -0.05) is 51.5 Å². The Balaban J connectivity index is 2.58. The van der Waals surface area contributed by atoms with Gasteiger partial charge in [0.25, 0.3) is 21.7 Å². The molecule has 0 spiro atoms. The lowest BCUT2D eigenvalue weighted by molar-refractivity contribution is -0.837. The van der Waals surface area contributed by atoms with E-state index in [0.717, 1.165) is 19.3 Å². The van der Waals surface area contributed by atoms with Gasteiger partial charge in [-0.05, 0) is 18.9 Å². The van der Waals surface area contributed by atoms with Crippen molar-refractivity contribution in [3.8, 4) is 0 Å². The van der Waals surface area contributed by atoms with E-state index < -0.39 is 22.0 Å². The molecule has 0 saturated carbocycles. The Bertz CT molecular complexity index is 662. The summed E-state index contributed by atoms with van der Waals surface area (Å²) in [6.45, 7) is 2.78. The van der Waals surface area contributed by atoms with Gasteiger partial charge in [0, 0.05) is 0 Å². The number of rotatable bonds is 16. The summed E-state index contributed by atoms with van der Waals surface area (Å²) in [4.78, 5) is 16.9. The summed E-state index contributed by atoms with van der Waals surface area (Å²) in [6, 6.07) is 0. The van der Waals surface area contributed by atoms with Gasteiger partial charge in [-0.25, -0.2) is 4.99 Å². The lowest BCUT2D eigenvalue weighted by Gasteiger charge is -2.34. The van der Waals surface area contributed by atoms with Gasteiger partial charge in [0.15, 0.2) is 0 Å². The summed E-state index contributed by atoms with van der Waals surface area (Å²) >= 11 is 0. The summed E-state index contributed by atoms with van der Waals surface area (Å²) < 4.78 is 30.9. The number of allylic oxidation sites excluding steroid dienone is 1. The van der Waals surface area contributed by atoms with Crippen LogP contribution in [-0.2, 0) is 14.9 Å². The fourth-order valence-electron chi connectivity index (χ4n) is 3.78. The van der Waals surface area contributed by atoms with Gasteiger partial charge in [-0.3, -0.25) is 13.8 Å². The molecule has 2 atom stereocenters. The second-order valence-corrected chi connectivity index (χ2v) is 9.28. The first-order valence-corrected chi connectivity index (χ1v) is 12.2. The fraction of sp³-hybridized carbons (Fsp3) is 0.800. The number of aliphatic hydroxyl groups is 2. The largest absolute Gasteiger partial charge is 0.390 e. The molecule has 0 aromatic heterocycles. The molecule has 1 aliphatic rings. The van der Waals surface area contributed by atoms with Crippen molar-refractivity contribution in [2.45, 2.75) is 64.4 Å². The van der Waals surface area contributed by atoms with Crippen LogP contribution in [0.3, 0.4) is 0 Å². The second kappa shape index (κ2) is 13.2. The number of hydrogen-bond acceptors (Lipinski definition) is 6. The number of hydrogen-bond donors (Lipinski definition) is 3. The molecule has 2 unspecified atom stereocenters. The average molecular weight is 434 g/mol. The Morgan fingerprint density at radius 2 is 1.86 bits per heavy atom. The number of nitrogens with zero attached hydrogens (tertiary/aromatic N) is 2. The van der Waals surface area contributed by atoms with Crippen molar-refractivity contribution >= 4 is 21.7 Å². The summed E-state index contributed by atoms with van der Waals surface area (Å²) in [6.07, 6.45) is 11.2. The third-order valence-electron chi connectivity index (χ3n) is 5.19. The number of ketones is 1. The Morgan fingerprint density at radius 3 is 2.48 bits per heavy atom. The first-order valence-electron chi connectivity index (χ1n) is 10.6. The molecule has 0 fully saturated rings. The van der Waals surface area contributed by atoms with Crippen LogP contribution in [0.4, 0.5) is 0 Å². The minimum atomic E-state index is -4.34. The minimum absolute atomic E-state index is 0.0756. The summed E-state index contributed by atoms with van der Waals surface area (Å²) in [7, 11) is -4.34. The maximum atomic E-state index is 12.6. The maximum absolute atomic E-state index is 12.6. The van der Waals surface area contributed by atoms with Crippen LogP contribution >= 0.6 is 0 Å². The Hall–Kier alpha value is -1.13. The van der Waals surface area contributed by atoms with E-state index in [1.807, 2.05) is 6.08 Å². The molecule has 0 bridgehead atoms. The van der Waals surface area contributed by atoms with Crippen LogP contribution in [0.5, 0.6) is 0 Å². The highest BCUT2D eigenvalue weighted by Gasteiger charge is 2.43. The molecule has 3 N–H and O–H groups in total. The zero-order valence-corrected chi connectivity index (χ0v) is 18.3. The first kappa shape index (κ1) is 25.9. The van der Waals surface area contributed by atoms with Gasteiger partial charge < -0.3 is 10.2 Å². The van der Waals surface area contributed by atoms with Crippen LogP contribution in [0.25, 0.3) is 0 Å². The third kappa shape index (κ3) is 9.95. The monoisotopic (exact) mass is 433 g/mol. The predicted molar refractivity (Wildman–Crippen MR) is 113 cm³/mol. The first-order chi connectivity index (χ1) is 13.7. The fourth-order valence-corrected chi connectivity index (χ4v) is 4.37. The van der Waals surface area contributed by atoms with Crippen LogP contribution in [0.15, 0.2) is 17.1 Å². The lowest BCUT2D eigenvalue weighted by Crippen LogP contribution is -2.58. The average Bonchev–Trinajstić information content (AvgIpc) is 3.01. The minimum Gasteiger partial charge on any atom is -0.390 e. The number of unbranched alkanes of at least 4 members (excludes halogenated alkanes) is 7. The van der Waals surface area contributed by atoms with Crippen LogP contribution in [0, 0.1) is 0 Å². The van der Waals surface area contributed by atoms with Crippen molar-refractivity contribution in [1.82, 2.24) is 0 Å². The van der Waals surface area contributed by atoms with E-state index in [-0.39, 0.29) is 35.8 Å². The van der Waals surface area contributed by atoms with Crippen molar-refractivity contribution < 1.29 is 32.5 Å². The molecule has 0 saturated heterocycles. The molecule has 29 heavy (non-hydrogen) atoms. The normalized spacial score (nSPS) is 20.9. The van der Waals surface area contributed by atoms with Crippen LogP contribution < -0.4 is 0 Å². The molecular weight excluding hydrogens is 396 g/mol. The van der Waals surface area contributed by atoms with Gasteiger partial charge >= 0.3 is 0 Å². The van der Waals surface area contributed by atoms with Crippen molar-refractivity contribution in [1.29, 1.82) is 0 Å². The molecule has 0 aliphatic carbocycles. The van der Waals surface area contributed by atoms with Crippen molar-refractivity contribution in [2.75, 3.05) is 38.5 Å². The molecule has 9 heteroatoms. The molecule has 1 aliphatic heterocycles. The molecular formula is C20H37N2O6S+. The number of quaternary nitrogens is 1. The van der Waals surface area contributed by atoms with E-state index >= 15 is 0 Å². The van der Waals surface area contributed by atoms with E-state index in [1.165, 1.54) is 38.2 Å². The highest BCUT2D eigenvalue weighted by molar-refractivity contribution is 7.85. The van der Waals surface area contributed by atoms with E-state index in [1.54, 1.807) is 0 Å². The van der Waals surface area contributed by atoms with Crippen LogP contribution in [0.1, 0.15) is 58.3 Å². The molecule has 0 amide bonds. The maximum Gasteiger partial charge on any atom is 0.271 e. The molecule has 168 valence electrons. The lowest BCUT2D eigenvalue weighted by atomic mass is 10.1. The van der Waals surface area contributed by atoms with E-state index in [9.17, 15) is 23.4 Å². The van der Waals surface area contributed by atoms with Gasteiger partial charge in [0.05, 0.1) is 13.2 Å². The van der Waals surface area contributed by atoms with Crippen molar-refractivity contribution in [3.63, 3.8) is 0 Å². The van der Waals surface area contributed by atoms with Crippen molar-refractivity contribution in [2.24, 2.45) is 4.99 Å². The van der Waals surface area contributed by atoms with Gasteiger partial charge in [-0.15, -0.1) is 0 Å². The van der Waals surface area contributed by atoms with E-state index in [2.05, 4.69) is 11.9 Å². The van der Waals surface area contributed by atoms with E-state index in [0.29, 0.717) is 13.1 Å². The third-order valence-corrected chi connectivity index (χ3v) is 6.00. The Kier molecular flexibility index (Phi) is 11.8. The van der Waals surface area contributed by atoms with Gasteiger partial charge in [-0.2, -0.15) is 8.42 Å². The highest BCUT2D eigenvalue weighted by Crippen LogP contribution is 2.18. The molecule has 0 aromatic carbocycles. The summed E-state index contributed by atoms with van der Waals surface area (Å²) in [5.74, 6) is -0.865.